The average molecular weight is 258 g/mol. The minimum absolute atomic E-state index is 0.687. The maximum atomic E-state index is 5.60. The first-order chi connectivity index (χ1) is 9.34. The standard InChI is InChI=1S/C16H22N2O/c1-18(14-5-4-9-17-11-14)10-8-13-12-19-16-7-3-2-6-15(13)16/h2-3,6-7,12,14,17H,4-5,8-11H2,1H3. The van der Waals surface area contributed by atoms with Crippen molar-refractivity contribution in [2.45, 2.75) is 25.3 Å². The number of furan rings is 1. The summed E-state index contributed by atoms with van der Waals surface area (Å²) < 4.78 is 5.60. The zero-order valence-corrected chi connectivity index (χ0v) is 11.6. The summed E-state index contributed by atoms with van der Waals surface area (Å²) in [5.74, 6) is 0. The van der Waals surface area contributed by atoms with E-state index in [1.54, 1.807) is 0 Å². The molecule has 0 spiro atoms. The Morgan fingerprint density at radius 3 is 3.11 bits per heavy atom. The molecular weight excluding hydrogens is 236 g/mol. The van der Waals surface area contributed by atoms with E-state index in [2.05, 4.69) is 29.4 Å². The van der Waals surface area contributed by atoms with Crippen LogP contribution < -0.4 is 5.32 Å². The van der Waals surface area contributed by atoms with Crippen molar-refractivity contribution in [1.29, 1.82) is 0 Å². The normalized spacial score (nSPS) is 20.2. The van der Waals surface area contributed by atoms with Gasteiger partial charge in [0.05, 0.1) is 6.26 Å². The lowest BCUT2D eigenvalue weighted by Gasteiger charge is -2.31. The van der Waals surface area contributed by atoms with E-state index in [9.17, 15) is 0 Å². The van der Waals surface area contributed by atoms with Crippen LogP contribution in [0.15, 0.2) is 34.9 Å². The lowest BCUT2D eigenvalue weighted by Crippen LogP contribution is -2.44. The van der Waals surface area contributed by atoms with Crippen molar-refractivity contribution in [3.63, 3.8) is 0 Å². The average Bonchev–Trinajstić information content (AvgIpc) is 2.89. The first-order valence-corrected chi connectivity index (χ1v) is 7.20. The summed E-state index contributed by atoms with van der Waals surface area (Å²) in [7, 11) is 2.24. The molecule has 0 bridgehead atoms. The number of nitrogens with one attached hydrogen (secondary N) is 1. The predicted molar refractivity (Wildman–Crippen MR) is 78.4 cm³/mol. The highest BCUT2D eigenvalue weighted by molar-refractivity contribution is 5.80. The number of fused-ring (bicyclic) bond motifs is 1. The largest absolute Gasteiger partial charge is 0.464 e. The smallest absolute Gasteiger partial charge is 0.134 e. The van der Waals surface area contributed by atoms with Gasteiger partial charge in [-0.05, 0) is 44.5 Å². The van der Waals surface area contributed by atoms with Gasteiger partial charge < -0.3 is 14.6 Å². The minimum Gasteiger partial charge on any atom is -0.464 e. The van der Waals surface area contributed by atoms with E-state index in [0.717, 1.165) is 25.1 Å². The summed E-state index contributed by atoms with van der Waals surface area (Å²) in [6.45, 7) is 3.40. The van der Waals surface area contributed by atoms with Gasteiger partial charge in [-0.3, -0.25) is 0 Å². The Balaban J connectivity index is 1.62. The first kappa shape index (κ1) is 12.7. The number of rotatable bonds is 4. The molecule has 3 heteroatoms. The van der Waals surface area contributed by atoms with Crippen molar-refractivity contribution in [1.82, 2.24) is 10.2 Å². The molecule has 1 aromatic carbocycles. The quantitative estimate of drug-likeness (QED) is 0.914. The van der Waals surface area contributed by atoms with Crippen LogP contribution >= 0.6 is 0 Å². The van der Waals surface area contributed by atoms with Gasteiger partial charge in [-0.25, -0.2) is 0 Å². The number of hydrogen-bond donors (Lipinski definition) is 1. The molecule has 3 nitrogen and oxygen atoms in total. The van der Waals surface area contributed by atoms with E-state index in [1.807, 2.05) is 18.4 Å². The lowest BCUT2D eigenvalue weighted by molar-refractivity contribution is 0.205. The van der Waals surface area contributed by atoms with Gasteiger partial charge >= 0.3 is 0 Å². The summed E-state index contributed by atoms with van der Waals surface area (Å²) in [6, 6.07) is 8.97. The van der Waals surface area contributed by atoms with Crippen LogP contribution in [0.4, 0.5) is 0 Å². The van der Waals surface area contributed by atoms with Crippen molar-refractivity contribution < 1.29 is 4.42 Å². The highest BCUT2D eigenvalue weighted by Gasteiger charge is 2.17. The van der Waals surface area contributed by atoms with Crippen molar-refractivity contribution in [3.05, 3.63) is 36.1 Å². The first-order valence-electron chi connectivity index (χ1n) is 7.20. The van der Waals surface area contributed by atoms with E-state index < -0.39 is 0 Å². The molecule has 3 rings (SSSR count). The molecule has 1 aromatic heterocycles. The van der Waals surface area contributed by atoms with E-state index >= 15 is 0 Å². The van der Waals surface area contributed by atoms with Crippen LogP contribution in [0.5, 0.6) is 0 Å². The van der Waals surface area contributed by atoms with Crippen LogP contribution in [0.2, 0.25) is 0 Å². The topological polar surface area (TPSA) is 28.4 Å². The van der Waals surface area contributed by atoms with Gasteiger partial charge in [-0.1, -0.05) is 18.2 Å². The van der Waals surface area contributed by atoms with Gasteiger partial charge in [0.2, 0.25) is 0 Å². The second kappa shape index (κ2) is 5.76. The maximum absolute atomic E-state index is 5.60. The van der Waals surface area contributed by atoms with Gasteiger partial charge in [0.25, 0.3) is 0 Å². The molecule has 19 heavy (non-hydrogen) atoms. The third-order valence-corrected chi connectivity index (χ3v) is 4.19. The number of para-hydroxylation sites is 1. The van der Waals surface area contributed by atoms with E-state index in [-0.39, 0.29) is 0 Å². The van der Waals surface area contributed by atoms with E-state index in [0.29, 0.717) is 6.04 Å². The van der Waals surface area contributed by atoms with Crippen LogP contribution in [0, 0.1) is 0 Å². The van der Waals surface area contributed by atoms with Crippen LogP contribution in [-0.2, 0) is 6.42 Å². The van der Waals surface area contributed by atoms with Crippen LogP contribution in [0.1, 0.15) is 18.4 Å². The Kier molecular flexibility index (Phi) is 3.85. The summed E-state index contributed by atoms with van der Waals surface area (Å²) in [5.41, 5.74) is 2.32. The molecular formula is C16H22N2O. The molecule has 2 aromatic rings. The molecule has 1 atom stereocenters. The highest BCUT2D eigenvalue weighted by Crippen LogP contribution is 2.21. The number of likely N-dealkylation sites (N-methyl/N-ethyl adjacent to an activating group) is 1. The molecule has 1 fully saturated rings. The highest BCUT2D eigenvalue weighted by atomic mass is 16.3. The molecule has 1 aliphatic rings. The third kappa shape index (κ3) is 2.82. The number of piperidine rings is 1. The number of hydrogen-bond acceptors (Lipinski definition) is 3. The maximum Gasteiger partial charge on any atom is 0.134 e. The Bertz CT molecular complexity index is 528. The summed E-state index contributed by atoms with van der Waals surface area (Å²) in [5, 5.41) is 4.74. The number of nitrogens with zero attached hydrogens (tertiary/aromatic N) is 1. The van der Waals surface area contributed by atoms with Gasteiger partial charge in [0, 0.05) is 24.5 Å². The Morgan fingerprint density at radius 2 is 2.26 bits per heavy atom. The number of benzene rings is 1. The molecule has 102 valence electrons. The van der Waals surface area contributed by atoms with Gasteiger partial charge in [-0.2, -0.15) is 0 Å². The van der Waals surface area contributed by atoms with Crippen molar-refractivity contribution in [2.75, 3.05) is 26.7 Å². The van der Waals surface area contributed by atoms with E-state index in [1.165, 1.54) is 30.3 Å². The van der Waals surface area contributed by atoms with Crippen LogP contribution in [0.25, 0.3) is 11.0 Å². The van der Waals surface area contributed by atoms with Crippen molar-refractivity contribution in [3.8, 4) is 0 Å². The molecule has 0 saturated carbocycles. The van der Waals surface area contributed by atoms with E-state index in [4.69, 9.17) is 4.42 Å². The third-order valence-electron chi connectivity index (χ3n) is 4.19. The molecule has 1 aliphatic heterocycles. The Labute approximate surface area is 114 Å². The fourth-order valence-electron chi connectivity index (χ4n) is 2.92. The predicted octanol–water partition coefficient (Wildman–Crippen LogP) is 2.66. The second-order valence-corrected chi connectivity index (χ2v) is 5.49. The molecule has 0 radical (unpaired) electrons. The Morgan fingerprint density at radius 1 is 1.37 bits per heavy atom. The fourth-order valence-corrected chi connectivity index (χ4v) is 2.92. The fraction of sp³-hybridized carbons (Fsp3) is 0.500. The molecule has 0 amide bonds. The summed E-state index contributed by atoms with van der Waals surface area (Å²) in [6.07, 6.45) is 5.58. The second-order valence-electron chi connectivity index (χ2n) is 5.49. The molecule has 1 unspecified atom stereocenters. The Hall–Kier alpha value is -1.32. The molecule has 1 N–H and O–H groups in total. The lowest BCUT2D eigenvalue weighted by atomic mass is 10.1. The monoisotopic (exact) mass is 258 g/mol. The van der Waals surface area contributed by atoms with Crippen LogP contribution in [-0.4, -0.2) is 37.6 Å². The summed E-state index contributed by atoms with van der Waals surface area (Å²) >= 11 is 0. The zero-order chi connectivity index (χ0) is 13.1. The summed E-state index contributed by atoms with van der Waals surface area (Å²) in [4.78, 5) is 2.48. The molecule has 1 saturated heterocycles. The molecule has 0 aliphatic carbocycles. The van der Waals surface area contributed by atoms with Gasteiger partial charge in [0.15, 0.2) is 0 Å². The van der Waals surface area contributed by atoms with Gasteiger partial charge in [-0.15, -0.1) is 0 Å². The van der Waals surface area contributed by atoms with Crippen LogP contribution in [0.3, 0.4) is 0 Å². The molecule has 2 heterocycles. The van der Waals surface area contributed by atoms with Gasteiger partial charge in [0.1, 0.15) is 5.58 Å². The van der Waals surface area contributed by atoms with Crippen molar-refractivity contribution in [2.24, 2.45) is 0 Å². The SMILES string of the molecule is CN(CCc1coc2ccccc12)C1CCCNC1. The zero-order valence-electron chi connectivity index (χ0n) is 11.6. The van der Waals surface area contributed by atoms with Crippen molar-refractivity contribution >= 4 is 11.0 Å². The minimum atomic E-state index is 0.687.